The monoisotopic (exact) mass is 291 g/mol. The summed E-state index contributed by atoms with van der Waals surface area (Å²) in [6, 6.07) is 0. The predicted molar refractivity (Wildman–Crippen MR) is 79.9 cm³/mol. The van der Waals surface area contributed by atoms with Crippen molar-refractivity contribution in [3.05, 3.63) is 11.6 Å². The lowest BCUT2D eigenvalue weighted by Crippen LogP contribution is -2.41. The van der Waals surface area contributed by atoms with Gasteiger partial charge in [0.05, 0.1) is 5.92 Å². The number of aromatic nitrogens is 3. The van der Waals surface area contributed by atoms with Gasteiger partial charge in [0.2, 0.25) is 5.91 Å². The lowest BCUT2D eigenvalue weighted by atomic mass is 9.99. The van der Waals surface area contributed by atoms with E-state index in [1.807, 2.05) is 0 Å². The van der Waals surface area contributed by atoms with Crippen LogP contribution in [0.2, 0.25) is 0 Å². The first-order valence-electron chi connectivity index (χ1n) is 8.24. The Balaban J connectivity index is 1.49. The predicted octanol–water partition coefficient (Wildman–Crippen LogP) is 0.663. The molecule has 1 unspecified atom stereocenters. The van der Waals surface area contributed by atoms with Gasteiger partial charge in [-0.3, -0.25) is 4.79 Å². The zero-order chi connectivity index (χ0) is 14.5. The normalized spacial score (nSPS) is 22.4. The molecule has 1 atom stereocenters. The fraction of sp³-hybridized carbons (Fsp3) is 0.800. The van der Waals surface area contributed by atoms with E-state index in [1.54, 1.807) is 0 Å². The molecule has 1 aromatic rings. The molecule has 2 aliphatic rings. The number of aryl methyl sites for hydroxylation is 1. The summed E-state index contributed by atoms with van der Waals surface area (Å²) < 4.78 is 2.25. The maximum absolute atomic E-state index is 12.1. The van der Waals surface area contributed by atoms with Crippen molar-refractivity contribution in [1.29, 1.82) is 0 Å². The molecule has 6 nitrogen and oxygen atoms in total. The number of nitrogens with one attached hydrogen (secondary N) is 2. The topological polar surface area (TPSA) is 71.8 Å². The minimum Gasteiger partial charge on any atom is -0.355 e. The zero-order valence-electron chi connectivity index (χ0n) is 12.6. The Labute approximate surface area is 125 Å². The van der Waals surface area contributed by atoms with Crippen LogP contribution in [0.3, 0.4) is 0 Å². The highest BCUT2D eigenvalue weighted by Crippen LogP contribution is 2.14. The van der Waals surface area contributed by atoms with E-state index in [4.69, 9.17) is 0 Å². The Morgan fingerprint density at radius 3 is 3.10 bits per heavy atom. The van der Waals surface area contributed by atoms with Gasteiger partial charge in [0.15, 0.2) is 0 Å². The molecule has 0 saturated carbocycles. The molecule has 3 heterocycles. The Hall–Kier alpha value is -1.43. The summed E-state index contributed by atoms with van der Waals surface area (Å²) >= 11 is 0. The number of hydrogen-bond donors (Lipinski definition) is 2. The van der Waals surface area contributed by atoms with E-state index in [-0.39, 0.29) is 11.8 Å². The Bertz CT molecular complexity index is 478. The molecule has 0 aromatic carbocycles. The molecule has 6 heteroatoms. The maximum Gasteiger partial charge on any atom is 0.224 e. The molecule has 3 rings (SSSR count). The van der Waals surface area contributed by atoms with Crippen molar-refractivity contribution in [2.45, 2.75) is 51.5 Å². The van der Waals surface area contributed by atoms with E-state index in [1.165, 1.54) is 19.3 Å². The smallest absolute Gasteiger partial charge is 0.224 e. The van der Waals surface area contributed by atoms with Crippen LogP contribution in [-0.4, -0.2) is 40.3 Å². The number of hydrogen-bond acceptors (Lipinski definition) is 4. The maximum atomic E-state index is 12.1. The van der Waals surface area contributed by atoms with Gasteiger partial charge in [-0.1, -0.05) is 6.42 Å². The van der Waals surface area contributed by atoms with Gasteiger partial charge in [-0.05, 0) is 32.2 Å². The number of nitrogens with zero attached hydrogens (tertiary/aromatic N) is 3. The first-order valence-corrected chi connectivity index (χ1v) is 8.24. The molecule has 116 valence electrons. The molecule has 1 amide bonds. The first-order chi connectivity index (χ1) is 10.3. The number of rotatable bonds is 4. The van der Waals surface area contributed by atoms with Crippen LogP contribution in [0.5, 0.6) is 0 Å². The third-order valence-electron chi connectivity index (χ3n) is 4.50. The quantitative estimate of drug-likeness (QED) is 0.855. The lowest BCUT2D eigenvalue weighted by Gasteiger charge is -2.21. The van der Waals surface area contributed by atoms with Gasteiger partial charge >= 0.3 is 0 Å². The molecule has 2 aliphatic heterocycles. The first kappa shape index (κ1) is 14.5. The highest BCUT2D eigenvalue weighted by molar-refractivity contribution is 5.78. The van der Waals surface area contributed by atoms with Gasteiger partial charge in [-0.25, -0.2) is 0 Å². The molecule has 0 spiro atoms. The lowest BCUT2D eigenvalue weighted by molar-refractivity contribution is -0.125. The average molecular weight is 291 g/mol. The fourth-order valence-electron chi connectivity index (χ4n) is 3.25. The number of amides is 1. The molecule has 1 fully saturated rings. The van der Waals surface area contributed by atoms with Crippen molar-refractivity contribution in [3.8, 4) is 0 Å². The van der Waals surface area contributed by atoms with E-state index < -0.39 is 0 Å². The van der Waals surface area contributed by atoms with Gasteiger partial charge in [-0.2, -0.15) is 0 Å². The SMILES string of the molecule is O=C(NCCc1nnc2n1CCCCC2)C1CCCNC1. The molecular formula is C15H25N5O. The summed E-state index contributed by atoms with van der Waals surface area (Å²) in [6.07, 6.45) is 7.59. The number of carbonyl (C=O) groups excluding carboxylic acids is 1. The largest absolute Gasteiger partial charge is 0.355 e. The van der Waals surface area contributed by atoms with Crippen LogP contribution in [0.1, 0.15) is 43.8 Å². The van der Waals surface area contributed by atoms with E-state index in [0.29, 0.717) is 6.54 Å². The number of carbonyl (C=O) groups is 1. The number of fused-ring (bicyclic) bond motifs is 1. The van der Waals surface area contributed by atoms with Crippen LogP contribution >= 0.6 is 0 Å². The van der Waals surface area contributed by atoms with Crippen LogP contribution in [0.4, 0.5) is 0 Å². The molecule has 0 aliphatic carbocycles. The van der Waals surface area contributed by atoms with Gasteiger partial charge in [0, 0.05) is 32.5 Å². The van der Waals surface area contributed by atoms with Crippen LogP contribution in [-0.2, 0) is 24.2 Å². The molecule has 1 saturated heterocycles. The standard InChI is InChI=1S/C15H25N5O/c21-15(12-5-4-8-16-11-12)17-9-7-14-19-18-13-6-2-1-3-10-20(13)14/h12,16H,1-11H2,(H,17,21). The summed E-state index contributed by atoms with van der Waals surface area (Å²) in [5.74, 6) is 2.45. The Kier molecular flexibility index (Phi) is 4.85. The van der Waals surface area contributed by atoms with Crippen LogP contribution in [0, 0.1) is 5.92 Å². The second-order valence-corrected chi connectivity index (χ2v) is 6.08. The highest BCUT2D eigenvalue weighted by Gasteiger charge is 2.20. The fourth-order valence-corrected chi connectivity index (χ4v) is 3.25. The van der Waals surface area contributed by atoms with Crippen molar-refractivity contribution in [1.82, 2.24) is 25.4 Å². The van der Waals surface area contributed by atoms with Crippen molar-refractivity contribution in [3.63, 3.8) is 0 Å². The van der Waals surface area contributed by atoms with Crippen LogP contribution in [0.25, 0.3) is 0 Å². The Morgan fingerprint density at radius 1 is 1.29 bits per heavy atom. The molecule has 1 aromatic heterocycles. The van der Waals surface area contributed by atoms with E-state index in [0.717, 1.165) is 57.0 Å². The molecule has 2 N–H and O–H groups in total. The molecule has 0 radical (unpaired) electrons. The van der Waals surface area contributed by atoms with Gasteiger partial charge in [-0.15, -0.1) is 10.2 Å². The highest BCUT2D eigenvalue weighted by atomic mass is 16.1. The summed E-state index contributed by atoms with van der Waals surface area (Å²) in [4.78, 5) is 12.1. The summed E-state index contributed by atoms with van der Waals surface area (Å²) in [5.41, 5.74) is 0. The van der Waals surface area contributed by atoms with Crippen molar-refractivity contribution < 1.29 is 4.79 Å². The van der Waals surface area contributed by atoms with Crippen LogP contribution in [0.15, 0.2) is 0 Å². The van der Waals surface area contributed by atoms with Crippen LogP contribution < -0.4 is 10.6 Å². The van der Waals surface area contributed by atoms with Gasteiger partial charge in [0.25, 0.3) is 0 Å². The Morgan fingerprint density at radius 2 is 2.24 bits per heavy atom. The van der Waals surface area contributed by atoms with Crippen molar-refractivity contribution in [2.75, 3.05) is 19.6 Å². The van der Waals surface area contributed by atoms with E-state index >= 15 is 0 Å². The minimum absolute atomic E-state index is 0.134. The number of piperidine rings is 1. The van der Waals surface area contributed by atoms with Gasteiger partial charge in [0.1, 0.15) is 11.6 Å². The summed E-state index contributed by atoms with van der Waals surface area (Å²) in [5, 5.41) is 14.9. The average Bonchev–Trinajstić information content (AvgIpc) is 2.76. The third kappa shape index (κ3) is 3.61. The van der Waals surface area contributed by atoms with E-state index in [9.17, 15) is 4.79 Å². The van der Waals surface area contributed by atoms with E-state index in [2.05, 4.69) is 25.4 Å². The zero-order valence-corrected chi connectivity index (χ0v) is 12.6. The summed E-state index contributed by atoms with van der Waals surface area (Å²) in [7, 11) is 0. The summed E-state index contributed by atoms with van der Waals surface area (Å²) in [6.45, 7) is 3.54. The van der Waals surface area contributed by atoms with Crippen molar-refractivity contribution >= 4 is 5.91 Å². The third-order valence-corrected chi connectivity index (χ3v) is 4.50. The molecule has 21 heavy (non-hydrogen) atoms. The van der Waals surface area contributed by atoms with Gasteiger partial charge < -0.3 is 15.2 Å². The molecular weight excluding hydrogens is 266 g/mol. The second kappa shape index (κ2) is 7.02. The minimum atomic E-state index is 0.134. The van der Waals surface area contributed by atoms with Crippen molar-refractivity contribution in [2.24, 2.45) is 5.92 Å². The molecule has 0 bridgehead atoms. The second-order valence-electron chi connectivity index (χ2n) is 6.08.